The van der Waals surface area contributed by atoms with E-state index < -0.39 is 0 Å². The van der Waals surface area contributed by atoms with E-state index in [2.05, 4.69) is 15.2 Å². The van der Waals surface area contributed by atoms with Crippen molar-refractivity contribution in [2.24, 2.45) is 0 Å². The number of nitrogens with zero attached hydrogens (tertiary/aromatic N) is 2. The van der Waals surface area contributed by atoms with Crippen LogP contribution in [0.1, 0.15) is 12.7 Å². The van der Waals surface area contributed by atoms with Crippen LogP contribution in [-0.2, 0) is 11.2 Å². The van der Waals surface area contributed by atoms with E-state index in [0.717, 1.165) is 23.2 Å². The molecule has 1 aromatic heterocycles. The second kappa shape index (κ2) is 6.80. The van der Waals surface area contributed by atoms with Crippen LogP contribution in [0.4, 0.5) is 0 Å². The molecule has 0 aliphatic carbocycles. The van der Waals surface area contributed by atoms with Crippen molar-refractivity contribution in [2.75, 3.05) is 25.6 Å². The number of aliphatic hydroxyl groups is 1. The number of aliphatic hydroxyl groups excluding tert-OH is 1. The van der Waals surface area contributed by atoms with Crippen LogP contribution in [0.25, 0.3) is 0 Å². The fourth-order valence-corrected chi connectivity index (χ4v) is 1.53. The minimum Gasteiger partial charge on any atom is -0.394 e. The monoisotopic (exact) mass is 217 g/mol. The Morgan fingerprint density at radius 1 is 1.50 bits per heavy atom. The molecule has 5 nitrogen and oxygen atoms in total. The zero-order valence-electron chi connectivity index (χ0n) is 8.19. The van der Waals surface area contributed by atoms with E-state index in [9.17, 15) is 0 Å². The van der Waals surface area contributed by atoms with E-state index in [1.54, 1.807) is 11.8 Å². The number of aromatic amines is 1. The minimum absolute atomic E-state index is 0.0747. The van der Waals surface area contributed by atoms with E-state index in [4.69, 9.17) is 9.84 Å². The highest BCUT2D eigenvalue weighted by Crippen LogP contribution is 2.11. The minimum atomic E-state index is 0.0747. The molecule has 0 aliphatic rings. The number of ether oxygens (including phenoxy) is 1. The quantitative estimate of drug-likeness (QED) is 0.513. The lowest BCUT2D eigenvalue weighted by Crippen LogP contribution is -2.02. The smallest absolute Gasteiger partial charge is 0.208 e. The van der Waals surface area contributed by atoms with Gasteiger partial charge in [-0.1, -0.05) is 18.7 Å². The lowest BCUT2D eigenvalue weighted by molar-refractivity contribution is 0.103. The summed E-state index contributed by atoms with van der Waals surface area (Å²) >= 11 is 1.55. The zero-order chi connectivity index (χ0) is 10.2. The molecule has 0 spiro atoms. The van der Waals surface area contributed by atoms with Crippen LogP contribution in [0.3, 0.4) is 0 Å². The molecule has 0 atom stereocenters. The Morgan fingerprint density at radius 2 is 2.36 bits per heavy atom. The molecule has 0 aromatic carbocycles. The number of H-pyrrole nitrogens is 1. The van der Waals surface area contributed by atoms with Gasteiger partial charge in [0.25, 0.3) is 0 Å². The van der Waals surface area contributed by atoms with E-state index in [1.807, 2.05) is 6.92 Å². The van der Waals surface area contributed by atoms with Gasteiger partial charge in [-0.25, -0.2) is 4.98 Å². The van der Waals surface area contributed by atoms with Crippen molar-refractivity contribution < 1.29 is 9.84 Å². The summed E-state index contributed by atoms with van der Waals surface area (Å²) < 4.78 is 5.10. The Kier molecular flexibility index (Phi) is 5.58. The Bertz CT molecular complexity index is 254. The molecule has 2 N–H and O–H groups in total. The van der Waals surface area contributed by atoms with Crippen LogP contribution in [0.2, 0.25) is 0 Å². The normalized spacial score (nSPS) is 10.7. The van der Waals surface area contributed by atoms with Crippen molar-refractivity contribution in [1.82, 2.24) is 15.2 Å². The molecule has 80 valence electrons. The summed E-state index contributed by atoms with van der Waals surface area (Å²) in [7, 11) is 0. The average Bonchev–Trinajstić information content (AvgIpc) is 2.65. The van der Waals surface area contributed by atoms with E-state index in [1.165, 1.54) is 0 Å². The van der Waals surface area contributed by atoms with Crippen LogP contribution in [0, 0.1) is 0 Å². The fourth-order valence-electron chi connectivity index (χ4n) is 0.859. The molecular weight excluding hydrogens is 202 g/mol. The van der Waals surface area contributed by atoms with Gasteiger partial charge in [-0.2, -0.15) is 0 Å². The number of rotatable bonds is 7. The molecule has 0 saturated heterocycles. The molecule has 14 heavy (non-hydrogen) atoms. The Hall–Kier alpha value is -0.590. The molecule has 0 saturated carbocycles. The second-order valence-electron chi connectivity index (χ2n) is 2.60. The van der Waals surface area contributed by atoms with E-state index >= 15 is 0 Å². The summed E-state index contributed by atoms with van der Waals surface area (Å²) in [5.74, 6) is 1.71. The highest BCUT2D eigenvalue weighted by molar-refractivity contribution is 7.99. The van der Waals surface area contributed by atoms with Gasteiger partial charge in [0.05, 0.1) is 19.8 Å². The predicted octanol–water partition coefficient (Wildman–Crippen LogP) is 0.468. The maximum atomic E-state index is 8.46. The molecular formula is C8H15N3O2S. The zero-order valence-corrected chi connectivity index (χ0v) is 9.01. The van der Waals surface area contributed by atoms with Crippen LogP contribution in [0.5, 0.6) is 0 Å². The van der Waals surface area contributed by atoms with Crippen molar-refractivity contribution in [3.05, 3.63) is 5.82 Å². The first-order valence-electron chi connectivity index (χ1n) is 4.59. The summed E-state index contributed by atoms with van der Waals surface area (Å²) in [5.41, 5.74) is 0. The summed E-state index contributed by atoms with van der Waals surface area (Å²) in [6, 6.07) is 0. The van der Waals surface area contributed by atoms with Crippen molar-refractivity contribution in [1.29, 1.82) is 0 Å². The summed E-state index contributed by atoms with van der Waals surface area (Å²) in [6.45, 7) is 3.11. The number of aromatic nitrogens is 3. The summed E-state index contributed by atoms with van der Waals surface area (Å²) in [4.78, 5) is 4.24. The van der Waals surface area contributed by atoms with Crippen LogP contribution < -0.4 is 0 Å². The maximum Gasteiger partial charge on any atom is 0.208 e. The Balaban J connectivity index is 2.12. The first kappa shape index (κ1) is 11.5. The largest absolute Gasteiger partial charge is 0.394 e. The number of hydrogen-bond donors (Lipinski definition) is 2. The van der Waals surface area contributed by atoms with Gasteiger partial charge in [-0.05, 0) is 0 Å². The Morgan fingerprint density at radius 3 is 3.00 bits per heavy atom. The third kappa shape index (κ3) is 4.08. The topological polar surface area (TPSA) is 71.0 Å². The number of thioether (sulfide) groups is 1. The van der Waals surface area contributed by atoms with Gasteiger partial charge in [-0.15, -0.1) is 5.10 Å². The molecule has 1 heterocycles. The fraction of sp³-hybridized carbons (Fsp3) is 0.750. The number of aryl methyl sites for hydroxylation is 1. The SMILES string of the molecule is CCc1nc(SCCOCCO)n[nH]1. The molecule has 0 amide bonds. The molecule has 0 bridgehead atoms. The third-order valence-electron chi connectivity index (χ3n) is 1.54. The van der Waals surface area contributed by atoms with E-state index in [-0.39, 0.29) is 6.61 Å². The van der Waals surface area contributed by atoms with Gasteiger partial charge in [0, 0.05) is 12.2 Å². The van der Waals surface area contributed by atoms with Crippen molar-refractivity contribution in [3.8, 4) is 0 Å². The van der Waals surface area contributed by atoms with Gasteiger partial charge < -0.3 is 9.84 Å². The van der Waals surface area contributed by atoms with Gasteiger partial charge in [0.2, 0.25) is 5.16 Å². The number of nitrogens with one attached hydrogen (secondary N) is 1. The maximum absolute atomic E-state index is 8.46. The standard InChI is InChI=1S/C8H15N3O2S/c1-2-7-9-8(11-10-7)14-6-5-13-4-3-12/h12H,2-6H2,1H3,(H,9,10,11). The van der Waals surface area contributed by atoms with Gasteiger partial charge >= 0.3 is 0 Å². The molecule has 0 radical (unpaired) electrons. The molecule has 0 aliphatic heterocycles. The van der Waals surface area contributed by atoms with Crippen molar-refractivity contribution >= 4 is 11.8 Å². The summed E-state index contributed by atoms with van der Waals surface area (Å²) in [5, 5.41) is 16.1. The van der Waals surface area contributed by atoms with Crippen LogP contribution in [-0.4, -0.2) is 45.9 Å². The average molecular weight is 217 g/mol. The Labute approximate surface area is 87.3 Å². The van der Waals surface area contributed by atoms with Gasteiger partial charge in [0.1, 0.15) is 5.82 Å². The molecule has 1 aromatic rings. The predicted molar refractivity (Wildman–Crippen MR) is 54.4 cm³/mol. The second-order valence-corrected chi connectivity index (χ2v) is 3.66. The van der Waals surface area contributed by atoms with Crippen LogP contribution >= 0.6 is 11.8 Å². The first-order chi connectivity index (χ1) is 6.86. The summed E-state index contributed by atoms with van der Waals surface area (Å²) in [6.07, 6.45) is 0.870. The molecule has 0 unspecified atom stereocenters. The molecule has 1 rings (SSSR count). The van der Waals surface area contributed by atoms with Gasteiger partial charge in [-0.3, -0.25) is 5.10 Å². The lowest BCUT2D eigenvalue weighted by atomic mass is 10.5. The number of hydrogen-bond acceptors (Lipinski definition) is 5. The van der Waals surface area contributed by atoms with E-state index in [0.29, 0.717) is 13.2 Å². The van der Waals surface area contributed by atoms with Crippen molar-refractivity contribution in [2.45, 2.75) is 18.5 Å². The van der Waals surface area contributed by atoms with Gasteiger partial charge in [0.15, 0.2) is 0 Å². The van der Waals surface area contributed by atoms with Crippen molar-refractivity contribution in [3.63, 3.8) is 0 Å². The molecule has 0 fully saturated rings. The highest BCUT2D eigenvalue weighted by atomic mass is 32.2. The highest BCUT2D eigenvalue weighted by Gasteiger charge is 2.01. The van der Waals surface area contributed by atoms with Crippen LogP contribution in [0.15, 0.2) is 5.16 Å². The first-order valence-corrected chi connectivity index (χ1v) is 5.58. The molecule has 6 heteroatoms. The lowest BCUT2D eigenvalue weighted by Gasteiger charge is -1.98. The third-order valence-corrected chi connectivity index (χ3v) is 2.35.